The van der Waals surface area contributed by atoms with Crippen molar-refractivity contribution in [3.8, 4) is 5.75 Å². The molecule has 1 aliphatic heterocycles. The summed E-state index contributed by atoms with van der Waals surface area (Å²) in [5.41, 5.74) is 1.11. The lowest BCUT2D eigenvalue weighted by Crippen LogP contribution is -2.46. The molecule has 0 saturated carbocycles. The summed E-state index contributed by atoms with van der Waals surface area (Å²) in [6.45, 7) is 1.41. The molecule has 1 fully saturated rings. The number of carbonyl (C=O) groups is 1. The van der Waals surface area contributed by atoms with Crippen molar-refractivity contribution < 1.29 is 22.7 Å². The summed E-state index contributed by atoms with van der Waals surface area (Å²) in [5.74, 6) is 0.381. The molecule has 0 radical (unpaired) electrons. The van der Waals surface area contributed by atoms with E-state index in [1.165, 1.54) is 11.4 Å². The second-order valence-electron chi connectivity index (χ2n) is 6.40. The zero-order valence-electron chi connectivity index (χ0n) is 15.4. The minimum Gasteiger partial charge on any atom is -0.497 e. The summed E-state index contributed by atoms with van der Waals surface area (Å²) in [6, 6.07) is 7.72. The normalized spacial score (nSPS) is 18.5. The quantitative estimate of drug-likeness (QED) is 0.688. The minimum atomic E-state index is -3.37. The maximum absolute atomic E-state index is 12.4. The Morgan fingerprint density at radius 2 is 2.00 bits per heavy atom. The lowest BCUT2D eigenvalue weighted by atomic mass is 9.99. The van der Waals surface area contributed by atoms with Gasteiger partial charge >= 0.3 is 0 Å². The first-order valence-corrected chi connectivity index (χ1v) is 10.4. The van der Waals surface area contributed by atoms with E-state index in [4.69, 9.17) is 9.47 Å². The van der Waals surface area contributed by atoms with Gasteiger partial charge in [-0.1, -0.05) is 12.1 Å². The first-order chi connectivity index (χ1) is 12.5. The average molecular weight is 384 g/mol. The van der Waals surface area contributed by atoms with Gasteiger partial charge in [-0.05, 0) is 37.0 Å². The smallest absolute Gasteiger partial charge is 0.224 e. The first kappa shape index (κ1) is 20.7. The number of amides is 1. The summed E-state index contributed by atoms with van der Waals surface area (Å²) < 4.78 is 35.9. The number of sulfonamides is 1. The highest BCUT2D eigenvalue weighted by Gasteiger charge is 2.31. The molecule has 1 heterocycles. The second-order valence-corrected chi connectivity index (χ2v) is 8.48. The van der Waals surface area contributed by atoms with E-state index >= 15 is 0 Å². The van der Waals surface area contributed by atoms with Crippen LogP contribution in [0.1, 0.15) is 18.4 Å². The summed E-state index contributed by atoms with van der Waals surface area (Å²) in [4.78, 5) is 12.4. The molecule has 1 saturated heterocycles. The highest BCUT2D eigenvalue weighted by atomic mass is 32.2. The van der Waals surface area contributed by atoms with Crippen LogP contribution in [0.2, 0.25) is 0 Å². The third-order valence-electron chi connectivity index (χ3n) is 4.57. The van der Waals surface area contributed by atoms with Gasteiger partial charge in [0, 0.05) is 26.7 Å². The number of benzene rings is 1. The number of methoxy groups -OCH3 is 2. The molecule has 0 spiro atoms. The Labute approximate surface area is 155 Å². The number of ether oxygens (including phenoxy) is 2. The zero-order valence-corrected chi connectivity index (χ0v) is 16.3. The molecule has 2 rings (SSSR count). The van der Waals surface area contributed by atoms with Crippen molar-refractivity contribution in [3.05, 3.63) is 29.8 Å². The molecule has 1 aromatic rings. The molecule has 1 aromatic carbocycles. The van der Waals surface area contributed by atoms with Crippen LogP contribution in [0.15, 0.2) is 24.3 Å². The number of nitrogens with zero attached hydrogens (tertiary/aromatic N) is 1. The number of piperidine rings is 1. The van der Waals surface area contributed by atoms with Crippen molar-refractivity contribution in [2.24, 2.45) is 5.92 Å². The van der Waals surface area contributed by atoms with Gasteiger partial charge < -0.3 is 14.8 Å². The maximum atomic E-state index is 12.4. The number of carbonyl (C=O) groups excluding carboxylic acids is 1. The van der Waals surface area contributed by atoms with Crippen LogP contribution in [0.4, 0.5) is 0 Å². The zero-order chi connectivity index (χ0) is 19.0. The summed E-state index contributed by atoms with van der Waals surface area (Å²) in [6.07, 6.45) is 2.13. The number of hydrogen-bond donors (Lipinski definition) is 1. The SMILES string of the molecule is COCCS(=O)(=O)N1CCCC(C(=O)NCCc2ccc(OC)cc2)C1. The van der Waals surface area contributed by atoms with E-state index in [9.17, 15) is 13.2 Å². The molecule has 0 bridgehead atoms. The van der Waals surface area contributed by atoms with E-state index in [-0.39, 0.29) is 30.7 Å². The number of nitrogens with one attached hydrogen (secondary N) is 1. The Bertz CT molecular complexity index is 675. The van der Waals surface area contributed by atoms with Gasteiger partial charge in [-0.25, -0.2) is 12.7 Å². The van der Waals surface area contributed by atoms with Crippen molar-refractivity contribution >= 4 is 15.9 Å². The van der Waals surface area contributed by atoms with Crippen LogP contribution >= 0.6 is 0 Å². The van der Waals surface area contributed by atoms with Gasteiger partial charge in [-0.2, -0.15) is 0 Å². The predicted molar refractivity (Wildman–Crippen MR) is 99.7 cm³/mol. The molecule has 1 N–H and O–H groups in total. The van der Waals surface area contributed by atoms with Crippen LogP contribution in [-0.4, -0.2) is 64.8 Å². The standard InChI is InChI=1S/C18H28N2O5S/c1-24-12-13-26(22,23)20-11-3-4-16(14-20)18(21)19-10-9-15-5-7-17(25-2)8-6-15/h5-8,16H,3-4,9-14H2,1-2H3,(H,19,21). The largest absolute Gasteiger partial charge is 0.497 e. The van der Waals surface area contributed by atoms with Crippen LogP contribution in [0.5, 0.6) is 5.75 Å². The molecule has 1 aliphatic rings. The fraction of sp³-hybridized carbons (Fsp3) is 0.611. The molecule has 0 aromatic heterocycles. The van der Waals surface area contributed by atoms with Gasteiger partial charge in [0.05, 0.1) is 25.4 Å². The Kier molecular flexibility index (Phi) is 7.86. The molecular weight excluding hydrogens is 356 g/mol. The molecule has 7 nitrogen and oxygen atoms in total. The van der Waals surface area contributed by atoms with Crippen molar-refractivity contribution in [1.29, 1.82) is 0 Å². The Balaban J connectivity index is 1.81. The van der Waals surface area contributed by atoms with E-state index < -0.39 is 10.0 Å². The monoisotopic (exact) mass is 384 g/mol. The van der Waals surface area contributed by atoms with Crippen molar-refractivity contribution in [3.63, 3.8) is 0 Å². The van der Waals surface area contributed by atoms with Crippen molar-refractivity contribution in [1.82, 2.24) is 9.62 Å². The third kappa shape index (κ3) is 5.96. The van der Waals surface area contributed by atoms with E-state index in [0.29, 0.717) is 25.9 Å². The molecule has 1 amide bonds. The van der Waals surface area contributed by atoms with E-state index in [0.717, 1.165) is 17.7 Å². The first-order valence-electron chi connectivity index (χ1n) is 8.83. The summed E-state index contributed by atoms with van der Waals surface area (Å²) >= 11 is 0. The molecule has 8 heteroatoms. The minimum absolute atomic E-state index is 0.0463. The van der Waals surface area contributed by atoms with Gasteiger partial charge in [0.15, 0.2) is 0 Å². The molecular formula is C18H28N2O5S. The average Bonchev–Trinajstić information content (AvgIpc) is 2.67. The van der Waals surface area contributed by atoms with E-state index in [2.05, 4.69) is 5.32 Å². The number of hydrogen-bond acceptors (Lipinski definition) is 5. The van der Waals surface area contributed by atoms with Crippen LogP contribution in [-0.2, 0) is 26.0 Å². The molecule has 1 atom stereocenters. The van der Waals surface area contributed by atoms with Crippen LogP contribution in [0, 0.1) is 5.92 Å². The van der Waals surface area contributed by atoms with Gasteiger partial charge in [0.1, 0.15) is 5.75 Å². The topological polar surface area (TPSA) is 84.9 Å². The fourth-order valence-corrected chi connectivity index (χ4v) is 4.44. The van der Waals surface area contributed by atoms with Gasteiger partial charge in [-0.15, -0.1) is 0 Å². The summed E-state index contributed by atoms with van der Waals surface area (Å²) in [5, 5.41) is 2.93. The molecule has 0 aliphatic carbocycles. The highest BCUT2D eigenvalue weighted by molar-refractivity contribution is 7.89. The number of rotatable bonds is 9. The molecule has 146 valence electrons. The van der Waals surface area contributed by atoms with E-state index in [1.54, 1.807) is 7.11 Å². The molecule has 26 heavy (non-hydrogen) atoms. The lowest BCUT2D eigenvalue weighted by molar-refractivity contribution is -0.126. The summed E-state index contributed by atoms with van der Waals surface area (Å²) in [7, 11) is -0.265. The lowest BCUT2D eigenvalue weighted by Gasteiger charge is -2.31. The highest BCUT2D eigenvalue weighted by Crippen LogP contribution is 2.20. The second kappa shape index (κ2) is 9.89. The maximum Gasteiger partial charge on any atom is 0.224 e. The van der Waals surface area contributed by atoms with Gasteiger partial charge in [-0.3, -0.25) is 4.79 Å². The van der Waals surface area contributed by atoms with Crippen LogP contribution in [0.25, 0.3) is 0 Å². The predicted octanol–water partition coefficient (Wildman–Crippen LogP) is 1.04. The van der Waals surface area contributed by atoms with Crippen molar-refractivity contribution in [2.75, 3.05) is 46.2 Å². The van der Waals surface area contributed by atoms with Gasteiger partial charge in [0.2, 0.25) is 15.9 Å². The Morgan fingerprint density at radius 3 is 2.65 bits per heavy atom. The van der Waals surface area contributed by atoms with Crippen LogP contribution < -0.4 is 10.1 Å². The molecule has 1 unspecified atom stereocenters. The van der Waals surface area contributed by atoms with E-state index in [1.807, 2.05) is 24.3 Å². The Morgan fingerprint density at radius 1 is 1.27 bits per heavy atom. The van der Waals surface area contributed by atoms with Crippen LogP contribution in [0.3, 0.4) is 0 Å². The Hall–Kier alpha value is -1.64. The fourth-order valence-electron chi connectivity index (χ4n) is 2.99. The van der Waals surface area contributed by atoms with Crippen molar-refractivity contribution in [2.45, 2.75) is 19.3 Å². The van der Waals surface area contributed by atoms with Gasteiger partial charge in [0.25, 0.3) is 0 Å². The third-order valence-corrected chi connectivity index (χ3v) is 6.37.